The minimum atomic E-state index is -0.905. The summed E-state index contributed by atoms with van der Waals surface area (Å²) in [6.07, 6.45) is -0.612. The molecule has 0 spiro atoms. The van der Waals surface area contributed by atoms with E-state index in [0.717, 1.165) is 5.56 Å². The summed E-state index contributed by atoms with van der Waals surface area (Å²) in [6.45, 7) is 10.9. The molecular formula is C40H49FN2O11. The van der Waals surface area contributed by atoms with Gasteiger partial charge in [0.25, 0.3) is 5.91 Å². The molecule has 4 rings (SSSR count). The van der Waals surface area contributed by atoms with Gasteiger partial charge in [-0.05, 0) is 101 Å². The largest absolute Gasteiger partial charge is 0.494 e. The third kappa shape index (κ3) is 10.1. The predicted octanol–water partition coefficient (Wildman–Crippen LogP) is 6.31. The number of aryl methyl sites for hydroxylation is 1. The number of benzene rings is 3. The van der Waals surface area contributed by atoms with Crippen LogP contribution in [-0.4, -0.2) is 94.4 Å². The van der Waals surface area contributed by atoms with Crippen molar-refractivity contribution in [2.75, 3.05) is 48.0 Å². The fourth-order valence-electron chi connectivity index (χ4n) is 6.07. The smallest absolute Gasteiger partial charge is 0.410 e. The molecule has 0 aromatic heterocycles. The predicted molar refractivity (Wildman–Crippen MR) is 196 cm³/mol. The molecule has 2 atom stereocenters. The monoisotopic (exact) mass is 752 g/mol. The number of methoxy groups -OCH3 is 3. The summed E-state index contributed by atoms with van der Waals surface area (Å²) < 4.78 is 53.1. The molecule has 54 heavy (non-hydrogen) atoms. The molecule has 1 N–H and O–H groups in total. The molecule has 0 bridgehead atoms. The second kappa shape index (κ2) is 18.2. The van der Waals surface area contributed by atoms with Crippen molar-refractivity contribution >= 4 is 23.8 Å². The van der Waals surface area contributed by atoms with Crippen LogP contribution in [0.5, 0.6) is 17.2 Å². The van der Waals surface area contributed by atoms with Crippen molar-refractivity contribution in [2.24, 2.45) is 0 Å². The highest BCUT2D eigenvalue weighted by molar-refractivity contribution is 6.11. The van der Waals surface area contributed by atoms with Crippen LogP contribution < -0.4 is 19.5 Å². The van der Waals surface area contributed by atoms with Crippen molar-refractivity contribution in [3.05, 3.63) is 87.2 Å². The van der Waals surface area contributed by atoms with E-state index in [0.29, 0.717) is 41.8 Å². The highest BCUT2D eigenvalue weighted by Gasteiger charge is 2.36. The highest BCUT2D eigenvalue weighted by atomic mass is 19.1. The molecule has 0 unspecified atom stereocenters. The van der Waals surface area contributed by atoms with Crippen LogP contribution in [0.2, 0.25) is 0 Å². The summed E-state index contributed by atoms with van der Waals surface area (Å²) >= 11 is 0. The van der Waals surface area contributed by atoms with Crippen molar-refractivity contribution in [2.45, 2.75) is 72.1 Å². The van der Waals surface area contributed by atoms with Gasteiger partial charge in [0.15, 0.2) is 30.9 Å². The van der Waals surface area contributed by atoms with E-state index in [1.54, 1.807) is 33.8 Å². The van der Waals surface area contributed by atoms with Gasteiger partial charge in [0.2, 0.25) is 0 Å². The van der Waals surface area contributed by atoms with E-state index in [9.17, 15) is 19.2 Å². The number of ether oxygens (including phenoxy) is 7. The number of nitrogens with zero attached hydrogens (tertiary/aromatic N) is 1. The Kier molecular flexibility index (Phi) is 14.0. The zero-order valence-corrected chi connectivity index (χ0v) is 32.3. The van der Waals surface area contributed by atoms with Gasteiger partial charge < -0.3 is 43.4 Å². The van der Waals surface area contributed by atoms with Gasteiger partial charge in [-0.25, -0.2) is 14.0 Å². The number of nitrogens with one attached hydrogen (secondary N) is 1. The first kappa shape index (κ1) is 41.5. The minimum Gasteiger partial charge on any atom is -0.494 e. The number of rotatable bonds is 13. The lowest BCUT2D eigenvalue weighted by Gasteiger charge is -2.31. The van der Waals surface area contributed by atoms with Crippen LogP contribution in [0.4, 0.5) is 9.18 Å². The third-order valence-electron chi connectivity index (χ3n) is 8.85. The zero-order chi connectivity index (χ0) is 39.7. The van der Waals surface area contributed by atoms with Gasteiger partial charge in [0.05, 0.1) is 18.7 Å². The van der Waals surface area contributed by atoms with Crippen LogP contribution in [0, 0.1) is 26.6 Å². The fraction of sp³-hybridized carbons (Fsp3) is 0.450. The molecule has 1 fully saturated rings. The molecule has 1 saturated heterocycles. The summed E-state index contributed by atoms with van der Waals surface area (Å²) in [4.78, 5) is 55.8. The maximum atomic E-state index is 15.3. The Morgan fingerprint density at radius 1 is 0.833 bits per heavy atom. The van der Waals surface area contributed by atoms with Crippen molar-refractivity contribution in [1.29, 1.82) is 0 Å². The number of esters is 1. The first-order valence-electron chi connectivity index (χ1n) is 17.4. The van der Waals surface area contributed by atoms with E-state index in [-0.39, 0.29) is 48.3 Å². The Morgan fingerprint density at radius 2 is 1.44 bits per heavy atom. The second-order valence-electron chi connectivity index (χ2n) is 13.9. The molecule has 14 heteroatoms. The number of likely N-dealkylation sites (tertiary alicyclic amines) is 1. The third-order valence-corrected chi connectivity index (χ3v) is 8.85. The molecule has 292 valence electrons. The number of hydrogen-bond acceptors (Lipinski definition) is 11. The van der Waals surface area contributed by atoms with Gasteiger partial charge in [0, 0.05) is 38.4 Å². The van der Waals surface area contributed by atoms with E-state index in [2.05, 4.69) is 5.32 Å². The maximum Gasteiger partial charge on any atom is 0.410 e. The summed E-state index contributed by atoms with van der Waals surface area (Å²) in [5.41, 5.74) is 1.63. The number of carbonyl (C=O) groups is 4. The molecule has 1 aliphatic heterocycles. The lowest BCUT2D eigenvalue weighted by atomic mass is 9.96. The van der Waals surface area contributed by atoms with Crippen LogP contribution in [0.1, 0.15) is 86.9 Å². The summed E-state index contributed by atoms with van der Waals surface area (Å²) in [5, 5.41) is 3.04. The molecule has 3 aromatic carbocycles. The standard InChI is InChI=1S/C40H49FN2O11/c1-23-19-32(52-22-49-8)24(2)25(3)33(23)37(45)42-28-20-43(39(47)54-40(4,5)6)18-10-11-29(28)53-38(46)27-14-12-26(13-15-27)36(44)34-30(51-21-48-7)16-17-31(50-9)35(34)41/h12-17,19,28-29H,10-11,18,20-22H2,1-9H3,(H,42,45)/t28-,29-/m1/s1. The van der Waals surface area contributed by atoms with Crippen LogP contribution in [-0.2, 0) is 18.9 Å². The minimum absolute atomic E-state index is 0.0116. The van der Waals surface area contributed by atoms with Crippen LogP contribution in [0.15, 0.2) is 42.5 Å². The van der Waals surface area contributed by atoms with E-state index in [1.165, 1.54) is 62.6 Å². The number of ketones is 1. The van der Waals surface area contributed by atoms with Gasteiger partial charge in [-0.2, -0.15) is 0 Å². The molecule has 1 heterocycles. The van der Waals surface area contributed by atoms with Gasteiger partial charge in [-0.1, -0.05) is 12.1 Å². The number of amides is 2. The SMILES string of the molecule is COCOc1cc(C)c(C(=O)N[C@@H]2CN(C(=O)OC(C)(C)C)CCC[C@H]2OC(=O)c2ccc(C(=O)c3c(OCOC)ccc(OC)c3F)cc2)c(C)c1C. The van der Waals surface area contributed by atoms with Crippen molar-refractivity contribution < 1.29 is 56.7 Å². The van der Waals surface area contributed by atoms with Crippen LogP contribution in [0.25, 0.3) is 0 Å². The number of halogens is 1. The van der Waals surface area contributed by atoms with E-state index in [4.69, 9.17) is 33.2 Å². The molecule has 3 aromatic rings. The maximum absolute atomic E-state index is 15.3. The summed E-state index contributed by atoms with van der Waals surface area (Å²) in [6, 6.07) is 9.23. The van der Waals surface area contributed by atoms with Crippen molar-refractivity contribution in [1.82, 2.24) is 10.2 Å². The lowest BCUT2D eigenvalue weighted by molar-refractivity contribution is 0.0126. The first-order chi connectivity index (χ1) is 25.6. The molecule has 0 saturated carbocycles. The van der Waals surface area contributed by atoms with E-state index in [1.807, 2.05) is 13.8 Å². The van der Waals surface area contributed by atoms with Gasteiger partial charge in [-0.3, -0.25) is 9.59 Å². The summed E-state index contributed by atoms with van der Waals surface area (Å²) in [5.74, 6) is -2.34. The Labute approximate surface area is 314 Å². The second-order valence-corrected chi connectivity index (χ2v) is 13.9. The van der Waals surface area contributed by atoms with E-state index < -0.39 is 47.3 Å². The number of carbonyl (C=O) groups excluding carboxylic acids is 4. The Morgan fingerprint density at radius 3 is 2.06 bits per heavy atom. The molecule has 13 nitrogen and oxygen atoms in total. The van der Waals surface area contributed by atoms with Crippen molar-refractivity contribution in [3.8, 4) is 17.2 Å². The molecular weight excluding hydrogens is 703 g/mol. The van der Waals surface area contributed by atoms with Gasteiger partial charge in [-0.15, -0.1) is 0 Å². The molecule has 2 amide bonds. The normalized spacial score (nSPS) is 15.9. The number of hydrogen-bond donors (Lipinski definition) is 1. The van der Waals surface area contributed by atoms with E-state index >= 15 is 4.39 Å². The molecule has 0 radical (unpaired) electrons. The zero-order valence-electron chi connectivity index (χ0n) is 32.3. The van der Waals surface area contributed by atoms with Crippen LogP contribution in [0.3, 0.4) is 0 Å². The Balaban J connectivity index is 1.60. The van der Waals surface area contributed by atoms with Crippen LogP contribution >= 0.6 is 0 Å². The fourth-order valence-corrected chi connectivity index (χ4v) is 6.07. The topological polar surface area (TPSA) is 148 Å². The lowest BCUT2D eigenvalue weighted by Crippen LogP contribution is -2.52. The highest BCUT2D eigenvalue weighted by Crippen LogP contribution is 2.32. The quantitative estimate of drug-likeness (QED) is 0.119. The van der Waals surface area contributed by atoms with Gasteiger partial charge in [0.1, 0.15) is 28.8 Å². The summed E-state index contributed by atoms with van der Waals surface area (Å²) in [7, 11) is 4.19. The average molecular weight is 753 g/mol. The molecule has 1 aliphatic rings. The Bertz CT molecular complexity index is 1840. The van der Waals surface area contributed by atoms with Gasteiger partial charge >= 0.3 is 12.1 Å². The van der Waals surface area contributed by atoms with Crippen molar-refractivity contribution in [3.63, 3.8) is 0 Å². The average Bonchev–Trinajstić information content (AvgIpc) is 3.32. The Hall–Kier alpha value is -5.21. The molecule has 0 aliphatic carbocycles. The first-order valence-corrected chi connectivity index (χ1v) is 17.4.